The molecule has 0 aromatic rings. The summed E-state index contributed by atoms with van der Waals surface area (Å²) >= 11 is 0. The molecule has 0 aromatic heterocycles. The summed E-state index contributed by atoms with van der Waals surface area (Å²) in [6.45, 7) is 15.2. The Bertz CT molecular complexity index is 197. The quantitative estimate of drug-likeness (QED) is 0.666. The van der Waals surface area contributed by atoms with Crippen molar-refractivity contribution in [3.8, 4) is 0 Å². The molecule has 1 aliphatic carbocycles. The lowest BCUT2D eigenvalue weighted by Gasteiger charge is -2.35. The Kier molecular flexibility index (Phi) is 6.50. The van der Waals surface area contributed by atoms with E-state index < -0.39 is 0 Å². The number of rotatable bonds is 9. The molecule has 0 aromatic carbocycles. The summed E-state index contributed by atoms with van der Waals surface area (Å²) in [5.41, 5.74) is 0. The van der Waals surface area contributed by atoms with Gasteiger partial charge in [-0.2, -0.15) is 0 Å². The summed E-state index contributed by atoms with van der Waals surface area (Å²) in [5, 5.41) is 3.62. The van der Waals surface area contributed by atoms with Gasteiger partial charge in [-0.15, -0.1) is 0 Å². The maximum absolute atomic E-state index is 3.62. The summed E-state index contributed by atoms with van der Waals surface area (Å²) in [4.78, 5) is 2.73. The van der Waals surface area contributed by atoms with Crippen LogP contribution in [0.25, 0.3) is 0 Å². The molecule has 1 unspecified atom stereocenters. The van der Waals surface area contributed by atoms with Crippen LogP contribution in [0.15, 0.2) is 0 Å². The fourth-order valence-corrected chi connectivity index (χ4v) is 2.45. The fourth-order valence-electron chi connectivity index (χ4n) is 2.45. The second-order valence-corrected chi connectivity index (χ2v) is 6.31. The van der Waals surface area contributed by atoms with Gasteiger partial charge >= 0.3 is 0 Å². The standard InChI is InChI=1S/C15H32N2/c1-6-9-17(11-14-7-8-14)15(12(2)3)10-16-13(4)5/h12-16H,6-11H2,1-5H3. The molecule has 1 N–H and O–H groups in total. The van der Waals surface area contributed by atoms with Crippen molar-refractivity contribution in [3.05, 3.63) is 0 Å². The Labute approximate surface area is 108 Å². The molecule has 0 bridgehead atoms. The lowest BCUT2D eigenvalue weighted by Crippen LogP contribution is -2.48. The van der Waals surface area contributed by atoms with E-state index in [2.05, 4.69) is 44.8 Å². The predicted octanol–water partition coefficient (Wildman–Crippen LogP) is 3.13. The number of hydrogen-bond donors (Lipinski definition) is 1. The van der Waals surface area contributed by atoms with E-state index in [4.69, 9.17) is 0 Å². The summed E-state index contributed by atoms with van der Waals surface area (Å²) in [6.07, 6.45) is 4.20. The maximum Gasteiger partial charge on any atom is 0.0243 e. The Morgan fingerprint density at radius 2 is 1.82 bits per heavy atom. The molecule has 0 aliphatic heterocycles. The van der Waals surface area contributed by atoms with Crippen molar-refractivity contribution in [2.24, 2.45) is 11.8 Å². The maximum atomic E-state index is 3.62. The predicted molar refractivity (Wildman–Crippen MR) is 76.4 cm³/mol. The Morgan fingerprint density at radius 1 is 1.18 bits per heavy atom. The molecule has 1 fully saturated rings. The van der Waals surface area contributed by atoms with Crippen molar-refractivity contribution in [1.29, 1.82) is 0 Å². The summed E-state index contributed by atoms with van der Waals surface area (Å²) in [7, 11) is 0. The molecule has 2 heteroatoms. The van der Waals surface area contributed by atoms with Crippen LogP contribution in [-0.2, 0) is 0 Å². The second-order valence-electron chi connectivity index (χ2n) is 6.31. The van der Waals surface area contributed by atoms with Gasteiger partial charge in [0, 0.05) is 25.2 Å². The zero-order valence-electron chi connectivity index (χ0n) is 12.5. The molecular formula is C15H32N2. The van der Waals surface area contributed by atoms with Gasteiger partial charge in [-0.05, 0) is 37.6 Å². The van der Waals surface area contributed by atoms with Crippen LogP contribution in [0.2, 0.25) is 0 Å². The minimum absolute atomic E-state index is 0.598. The average Bonchev–Trinajstić information content (AvgIpc) is 3.01. The van der Waals surface area contributed by atoms with E-state index in [1.165, 1.54) is 32.4 Å². The van der Waals surface area contributed by atoms with E-state index in [0.29, 0.717) is 12.1 Å². The third kappa shape index (κ3) is 5.87. The molecule has 0 amide bonds. The Morgan fingerprint density at radius 3 is 2.24 bits per heavy atom. The number of hydrogen-bond acceptors (Lipinski definition) is 2. The van der Waals surface area contributed by atoms with Crippen LogP contribution in [0.4, 0.5) is 0 Å². The molecule has 1 rings (SSSR count). The van der Waals surface area contributed by atoms with Gasteiger partial charge in [0.05, 0.1) is 0 Å². The highest BCUT2D eigenvalue weighted by Crippen LogP contribution is 2.31. The minimum Gasteiger partial charge on any atom is -0.313 e. The highest BCUT2D eigenvalue weighted by molar-refractivity contribution is 4.83. The lowest BCUT2D eigenvalue weighted by atomic mass is 10.0. The molecule has 1 atom stereocenters. The number of nitrogens with zero attached hydrogens (tertiary/aromatic N) is 1. The van der Waals surface area contributed by atoms with E-state index in [1.807, 2.05) is 0 Å². The lowest BCUT2D eigenvalue weighted by molar-refractivity contribution is 0.143. The monoisotopic (exact) mass is 240 g/mol. The van der Waals surface area contributed by atoms with Gasteiger partial charge in [0.2, 0.25) is 0 Å². The first-order chi connectivity index (χ1) is 8.04. The topological polar surface area (TPSA) is 15.3 Å². The molecule has 102 valence electrons. The van der Waals surface area contributed by atoms with Crippen LogP contribution in [0, 0.1) is 11.8 Å². The van der Waals surface area contributed by atoms with Crippen LogP contribution in [0.1, 0.15) is 53.9 Å². The van der Waals surface area contributed by atoms with Crippen molar-refractivity contribution >= 4 is 0 Å². The Balaban J connectivity index is 2.48. The van der Waals surface area contributed by atoms with Gasteiger partial charge in [-0.3, -0.25) is 4.90 Å². The van der Waals surface area contributed by atoms with Crippen LogP contribution < -0.4 is 5.32 Å². The molecular weight excluding hydrogens is 208 g/mol. The first-order valence-electron chi connectivity index (χ1n) is 7.52. The van der Waals surface area contributed by atoms with Gasteiger partial charge in [-0.25, -0.2) is 0 Å². The van der Waals surface area contributed by atoms with Crippen LogP contribution in [0.3, 0.4) is 0 Å². The van der Waals surface area contributed by atoms with Crippen molar-refractivity contribution in [2.75, 3.05) is 19.6 Å². The second kappa shape index (κ2) is 7.38. The van der Waals surface area contributed by atoms with Crippen LogP contribution in [-0.4, -0.2) is 36.6 Å². The van der Waals surface area contributed by atoms with E-state index in [9.17, 15) is 0 Å². The zero-order chi connectivity index (χ0) is 12.8. The molecule has 1 saturated carbocycles. The average molecular weight is 240 g/mol. The molecule has 0 saturated heterocycles. The highest BCUT2D eigenvalue weighted by atomic mass is 15.2. The zero-order valence-corrected chi connectivity index (χ0v) is 12.5. The summed E-state index contributed by atoms with van der Waals surface area (Å²) in [5.74, 6) is 1.74. The molecule has 0 radical (unpaired) electrons. The fraction of sp³-hybridized carbons (Fsp3) is 1.00. The SMILES string of the molecule is CCCN(CC1CC1)C(CNC(C)C)C(C)C. The smallest absolute Gasteiger partial charge is 0.0243 e. The summed E-state index contributed by atoms with van der Waals surface area (Å²) < 4.78 is 0. The van der Waals surface area contributed by atoms with E-state index in [-0.39, 0.29) is 0 Å². The molecule has 2 nitrogen and oxygen atoms in total. The van der Waals surface area contributed by atoms with Gasteiger partial charge in [0.25, 0.3) is 0 Å². The van der Waals surface area contributed by atoms with Crippen molar-refractivity contribution in [3.63, 3.8) is 0 Å². The first-order valence-corrected chi connectivity index (χ1v) is 7.52. The van der Waals surface area contributed by atoms with Crippen LogP contribution >= 0.6 is 0 Å². The molecule has 0 spiro atoms. The minimum atomic E-state index is 0.598. The van der Waals surface area contributed by atoms with Gasteiger partial charge in [-0.1, -0.05) is 34.6 Å². The normalized spacial score (nSPS) is 18.4. The number of nitrogens with one attached hydrogen (secondary N) is 1. The van der Waals surface area contributed by atoms with Gasteiger partial charge in [0.15, 0.2) is 0 Å². The molecule has 1 aliphatic rings. The van der Waals surface area contributed by atoms with Gasteiger partial charge < -0.3 is 5.32 Å². The van der Waals surface area contributed by atoms with Gasteiger partial charge in [0.1, 0.15) is 0 Å². The van der Waals surface area contributed by atoms with Crippen molar-refractivity contribution in [1.82, 2.24) is 10.2 Å². The third-order valence-electron chi connectivity index (χ3n) is 3.67. The summed E-state index contributed by atoms with van der Waals surface area (Å²) in [6, 6.07) is 1.30. The van der Waals surface area contributed by atoms with E-state index in [1.54, 1.807) is 0 Å². The largest absolute Gasteiger partial charge is 0.313 e. The van der Waals surface area contributed by atoms with Crippen LogP contribution in [0.5, 0.6) is 0 Å². The third-order valence-corrected chi connectivity index (χ3v) is 3.67. The Hall–Kier alpha value is -0.0800. The molecule has 17 heavy (non-hydrogen) atoms. The molecule has 0 heterocycles. The highest BCUT2D eigenvalue weighted by Gasteiger charge is 2.28. The first kappa shape index (κ1) is 15.0. The van der Waals surface area contributed by atoms with E-state index in [0.717, 1.165) is 18.4 Å². The van der Waals surface area contributed by atoms with Crippen molar-refractivity contribution in [2.45, 2.75) is 66.0 Å². The van der Waals surface area contributed by atoms with E-state index >= 15 is 0 Å². The van der Waals surface area contributed by atoms with Crippen molar-refractivity contribution < 1.29 is 0 Å².